The zero-order chi connectivity index (χ0) is 21.9. The Balaban J connectivity index is 1.64. The van der Waals surface area contributed by atoms with E-state index in [0.717, 1.165) is 54.0 Å². The number of esters is 1. The summed E-state index contributed by atoms with van der Waals surface area (Å²) >= 11 is 1.33. The van der Waals surface area contributed by atoms with E-state index in [9.17, 15) is 27.6 Å². The van der Waals surface area contributed by atoms with Crippen LogP contribution in [-0.2, 0) is 33.3 Å². The molecule has 6 nitrogen and oxygen atoms in total. The first kappa shape index (κ1) is 21.8. The van der Waals surface area contributed by atoms with Gasteiger partial charge in [-0.15, -0.1) is 11.3 Å². The van der Waals surface area contributed by atoms with Crippen molar-refractivity contribution in [2.45, 2.75) is 38.8 Å². The quantitative estimate of drug-likeness (QED) is 0.675. The molecule has 2 aromatic rings. The van der Waals surface area contributed by atoms with Gasteiger partial charge in [0, 0.05) is 17.5 Å². The summed E-state index contributed by atoms with van der Waals surface area (Å²) < 4.78 is 42.9. The summed E-state index contributed by atoms with van der Waals surface area (Å²) in [6, 6.07) is 3.93. The van der Waals surface area contributed by atoms with Crippen molar-refractivity contribution in [2.24, 2.45) is 0 Å². The van der Waals surface area contributed by atoms with E-state index in [1.54, 1.807) is 0 Å². The Morgan fingerprint density at radius 3 is 2.37 bits per heavy atom. The minimum atomic E-state index is -4.47. The maximum absolute atomic E-state index is 12.6. The molecule has 1 aliphatic rings. The molecule has 160 valence electrons. The van der Waals surface area contributed by atoms with Gasteiger partial charge in [-0.3, -0.25) is 9.59 Å². The maximum Gasteiger partial charge on any atom is 0.416 e. The van der Waals surface area contributed by atoms with Gasteiger partial charge < -0.3 is 15.4 Å². The maximum atomic E-state index is 12.6. The molecule has 3 rings (SSSR count). The third-order valence-corrected chi connectivity index (χ3v) is 5.70. The van der Waals surface area contributed by atoms with Crippen molar-refractivity contribution in [3.05, 3.63) is 45.8 Å². The summed E-state index contributed by atoms with van der Waals surface area (Å²) in [5, 5.41) is 5.43. The van der Waals surface area contributed by atoms with Crippen LogP contribution >= 0.6 is 11.3 Å². The smallest absolute Gasteiger partial charge is 0.416 e. The summed E-state index contributed by atoms with van der Waals surface area (Å²) in [6.45, 7) is 0.731. The Hall–Kier alpha value is -2.88. The molecule has 2 N–H and O–H groups in total. The molecular weight excluding hydrogens is 421 g/mol. The fourth-order valence-corrected chi connectivity index (χ4v) is 4.50. The first-order chi connectivity index (χ1) is 14.1. The van der Waals surface area contributed by atoms with Crippen LogP contribution in [0.15, 0.2) is 24.3 Å². The predicted molar refractivity (Wildman–Crippen MR) is 106 cm³/mol. The number of aryl methyl sites for hydroxylation is 1. The molecule has 0 radical (unpaired) electrons. The Morgan fingerprint density at radius 1 is 1.07 bits per heavy atom. The summed E-state index contributed by atoms with van der Waals surface area (Å²) in [5.74, 6) is -1.73. The highest BCUT2D eigenvalue weighted by Crippen LogP contribution is 2.38. The zero-order valence-electron chi connectivity index (χ0n) is 16.0. The molecule has 2 amide bonds. The van der Waals surface area contributed by atoms with Gasteiger partial charge in [0.15, 0.2) is 6.61 Å². The standard InChI is InChI=1S/C20H19F3N2O4S/c1-11(26)24-18-17(14-4-2-3-5-15(14)30-18)19(28)29-10-16(27)25-13-8-6-12(7-9-13)20(21,22)23/h6-9H,2-5,10H2,1H3,(H,24,26)(H,25,27). The highest BCUT2D eigenvalue weighted by Gasteiger charge is 2.30. The molecule has 0 aliphatic heterocycles. The number of benzene rings is 1. The first-order valence-electron chi connectivity index (χ1n) is 9.21. The van der Waals surface area contributed by atoms with Crippen molar-refractivity contribution in [1.29, 1.82) is 0 Å². The van der Waals surface area contributed by atoms with Gasteiger partial charge in [-0.1, -0.05) is 0 Å². The van der Waals surface area contributed by atoms with E-state index in [0.29, 0.717) is 11.4 Å². The van der Waals surface area contributed by atoms with Crippen LogP contribution in [-0.4, -0.2) is 24.4 Å². The second-order valence-electron chi connectivity index (χ2n) is 6.80. The molecule has 0 unspecified atom stereocenters. The Kier molecular flexibility index (Phi) is 6.45. The van der Waals surface area contributed by atoms with Gasteiger partial charge in [0.05, 0.1) is 11.1 Å². The van der Waals surface area contributed by atoms with Crippen molar-refractivity contribution >= 4 is 39.8 Å². The molecule has 1 aromatic heterocycles. The topological polar surface area (TPSA) is 84.5 Å². The largest absolute Gasteiger partial charge is 0.452 e. The fourth-order valence-electron chi connectivity index (χ4n) is 3.17. The van der Waals surface area contributed by atoms with Crippen molar-refractivity contribution < 1.29 is 32.3 Å². The van der Waals surface area contributed by atoms with Gasteiger partial charge in [-0.25, -0.2) is 4.79 Å². The van der Waals surface area contributed by atoms with Crippen LogP contribution < -0.4 is 10.6 Å². The van der Waals surface area contributed by atoms with E-state index >= 15 is 0 Å². The lowest BCUT2D eigenvalue weighted by atomic mass is 9.95. The third kappa shape index (κ3) is 5.18. The van der Waals surface area contributed by atoms with E-state index in [1.807, 2.05) is 0 Å². The van der Waals surface area contributed by atoms with Crippen LogP contribution in [0.4, 0.5) is 23.9 Å². The van der Waals surface area contributed by atoms with Crippen LogP contribution in [0.2, 0.25) is 0 Å². The molecule has 1 aliphatic carbocycles. The number of fused-ring (bicyclic) bond motifs is 1. The number of alkyl halides is 3. The average molecular weight is 440 g/mol. The Bertz CT molecular complexity index is 968. The lowest BCUT2D eigenvalue weighted by Gasteiger charge is -2.13. The van der Waals surface area contributed by atoms with Crippen molar-refractivity contribution in [2.75, 3.05) is 17.2 Å². The number of hydrogen-bond acceptors (Lipinski definition) is 5. The normalized spacial score (nSPS) is 13.3. The van der Waals surface area contributed by atoms with Gasteiger partial charge in [0.25, 0.3) is 5.91 Å². The second-order valence-corrected chi connectivity index (χ2v) is 7.90. The summed E-state index contributed by atoms with van der Waals surface area (Å²) in [7, 11) is 0. The number of nitrogens with one attached hydrogen (secondary N) is 2. The fraction of sp³-hybridized carbons (Fsp3) is 0.350. The van der Waals surface area contributed by atoms with Gasteiger partial charge in [-0.05, 0) is 55.5 Å². The van der Waals surface area contributed by atoms with Gasteiger partial charge in [0.1, 0.15) is 5.00 Å². The predicted octanol–water partition coefficient (Wildman–Crippen LogP) is 4.40. The molecule has 30 heavy (non-hydrogen) atoms. The van der Waals surface area contributed by atoms with E-state index in [1.165, 1.54) is 18.3 Å². The second kappa shape index (κ2) is 8.86. The van der Waals surface area contributed by atoms with Crippen LogP contribution in [0.3, 0.4) is 0 Å². The van der Waals surface area contributed by atoms with Crippen molar-refractivity contribution in [3.8, 4) is 0 Å². The SMILES string of the molecule is CC(=O)Nc1sc2c(c1C(=O)OCC(=O)Nc1ccc(C(F)(F)F)cc1)CCCC2. The minimum absolute atomic E-state index is 0.149. The number of rotatable bonds is 5. The van der Waals surface area contributed by atoms with E-state index in [-0.39, 0.29) is 17.2 Å². The number of thiophene rings is 1. The molecular formula is C20H19F3N2O4S. The molecule has 1 aromatic carbocycles. The van der Waals surface area contributed by atoms with Gasteiger partial charge in [-0.2, -0.15) is 13.2 Å². The van der Waals surface area contributed by atoms with Gasteiger partial charge >= 0.3 is 12.1 Å². The monoisotopic (exact) mass is 440 g/mol. The molecule has 0 spiro atoms. The third-order valence-electron chi connectivity index (χ3n) is 4.50. The molecule has 0 saturated carbocycles. The molecule has 0 atom stereocenters. The Morgan fingerprint density at radius 2 is 1.73 bits per heavy atom. The number of ether oxygens (including phenoxy) is 1. The molecule has 0 bridgehead atoms. The number of amides is 2. The first-order valence-corrected chi connectivity index (χ1v) is 10.0. The van der Waals surface area contributed by atoms with Crippen LogP contribution in [0, 0.1) is 0 Å². The number of carbonyl (C=O) groups excluding carboxylic acids is 3. The van der Waals surface area contributed by atoms with Gasteiger partial charge in [0.2, 0.25) is 5.91 Å². The number of hydrogen-bond donors (Lipinski definition) is 2. The average Bonchev–Trinajstić information content (AvgIpc) is 3.03. The molecule has 10 heteroatoms. The lowest BCUT2D eigenvalue weighted by Crippen LogP contribution is -2.22. The van der Waals surface area contributed by atoms with E-state index in [4.69, 9.17) is 4.74 Å². The lowest BCUT2D eigenvalue weighted by molar-refractivity contribution is -0.137. The highest BCUT2D eigenvalue weighted by atomic mass is 32.1. The minimum Gasteiger partial charge on any atom is -0.452 e. The van der Waals surface area contributed by atoms with Crippen LogP contribution in [0.5, 0.6) is 0 Å². The van der Waals surface area contributed by atoms with E-state index < -0.39 is 30.2 Å². The number of halogens is 3. The summed E-state index contributed by atoms with van der Waals surface area (Å²) in [4.78, 5) is 37.1. The number of carbonyl (C=O) groups is 3. The zero-order valence-corrected chi connectivity index (χ0v) is 16.8. The van der Waals surface area contributed by atoms with Crippen molar-refractivity contribution in [1.82, 2.24) is 0 Å². The van der Waals surface area contributed by atoms with Crippen molar-refractivity contribution in [3.63, 3.8) is 0 Å². The summed E-state index contributed by atoms with van der Waals surface area (Å²) in [6.07, 6.45) is -1.06. The highest BCUT2D eigenvalue weighted by molar-refractivity contribution is 7.17. The van der Waals surface area contributed by atoms with Crippen LogP contribution in [0.25, 0.3) is 0 Å². The Labute approximate surface area is 174 Å². The molecule has 0 saturated heterocycles. The van der Waals surface area contributed by atoms with E-state index in [2.05, 4.69) is 10.6 Å². The summed E-state index contributed by atoms with van der Waals surface area (Å²) in [5.41, 5.74) is 0.422. The van der Waals surface area contributed by atoms with Crippen LogP contribution in [0.1, 0.15) is 46.1 Å². The number of anilines is 2. The molecule has 1 heterocycles. The molecule has 0 fully saturated rings.